The van der Waals surface area contributed by atoms with Crippen molar-refractivity contribution in [1.82, 2.24) is 18.8 Å². The third-order valence-corrected chi connectivity index (χ3v) is 7.91. The molecule has 0 unspecified atom stereocenters. The smallest absolute Gasteiger partial charge is 0.269 e. The molecule has 1 aromatic heterocycles. The molecular formula is C24H28N4O4S. The van der Waals surface area contributed by atoms with Crippen molar-refractivity contribution in [3.8, 4) is 0 Å². The molecule has 2 aromatic carbocycles. The van der Waals surface area contributed by atoms with E-state index >= 15 is 0 Å². The molecule has 0 radical (unpaired) electrons. The molecule has 1 amide bonds. The van der Waals surface area contributed by atoms with E-state index in [4.69, 9.17) is 0 Å². The second kappa shape index (κ2) is 8.72. The zero-order valence-corrected chi connectivity index (χ0v) is 19.9. The molecule has 1 aliphatic rings. The molecule has 1 aliphatic heterocycles. The third kappa shape index (κ3) is 4.69. The molecule has 4 rings (SSSR count). The van der Waals surface area contributed by atoms with Crippen LogP contribution in [0.4, 0.5) is 0 Å². The van der Waals surface area contributed by atoms with Gasteiger partial charge in [0.05, 0.1) is 22.1 Å². The summed E-state index contributed by atoms with van der Waals surface area (Å²) >= 11 is 0. The molecule has 3 aromatic rings. The Hall–Kier alpha value is -3.04. The highest BCUT2D eigenvalue weighted by molar-refractivity contribution is 7.89. The van der Waals surface area contributed by atoms with Crippen molar-refractivity contribution in [3.05, 3.63) is 70.6 Å². The maximum atomic E-state index is 13.1. The standard InChI is InChI=1S/C24H28N4O4S/c1-24(2,3)18-8-10-19(11-9-18)33(31,32)27-14-12-26(13-15-27)23(30)17-28-21-7-5-4-6-20(21)25-16-22(28)29/h4-11,16H,12-15,17H2,1-3H3. The number of rotatable bonds is 4. The predicted octanol–water partition coefficient (Wildman–Crippen LogP) is 2.23. The number of benzene rings is 2. The Bertz CT molecular complexity index is 1330. The van der Waals surface area contributed by atoms with Crippen LogP contribution in [0.3, 0.4) is 0 Å². The van der Waals surface area contributed by atoms with Gasteiger partial charge in [0.15, 0.2) is 0 Å². The fourth-order valence-corrected chi connectivity index (χ4v) is 5.39. The normalized spacial score (nSPS) is 15.7. The van der Waals surface area contributed by atoms with E-state index in [9.17, 15) is 18.0 Å². The Morgan fingerprint density at radius 2 is 1.61 bits per heavy atom. The second-order valence-corrected chi connectivity index (χ2v) is 11.2. The summed E-state index contributed by atoms with van der Waals surface area (Å²) in [6, 6.07) is 14.2. The molecular weight excluding hydrogens is 440 g/mol. The predicted molar refractivity (Wildman–Crippen MR) is 126 cm³/mol. The molecule has 0 bridgehead atoms. The molecule has 2 heterocycles. The number of carbonyl (C=O) groups is 1. The van der Waals surface area contributed by atoms with Crippen LogP contribution in [0, 0.1) is 0 Å². The Morgan fingerprint density at radius 3 is 2.24 bits per heavy atom. The lowest BCUT2D eigenvalue weighted by atomic mass is 9.87. The van der Waals surface area contributed by atoms with E-state index in [2.05, 4.69) is 25.8 Å². The molecule has 8 nitrogen and oxygen atoms in total. The van der Waals surface area contributed by atoms with Crippen LogP contribution < -0.4 is 5.56 Å². The van der Waals surface area contributed by atoms with Gasteiger partial charge in [0.2, 0.25) is 15.9 Å². The molecule has 0 N–H and O–H groups in total. The van der Waals surface area contributed by atoms with Crippen LogP contribution in [0.5, 0.6) is 0 Å². The van der Waals surface area contributed by atoms with Crippen LogP contribution in [0.2, 0.25) is 0 Å². The zero-order chi connectivity index (χ0) is 23.8. The number of hydrogen-bond donors (Lipinski definition) is 0. The van der Waals surface area contributed by atoms with Gasteiger partial charge < -0.3 is 4.90 Å². The number of fused-ring (bicyclic) bond motifs is 1. The minimum atomic E-state index is -3.64. The highest BCUT2D eigenvalue weighted by atomic mass is 32.2. The topological polar surface area (TPSA) is 92.6 Å². The number of amides is 1. The van der Waals surface area contributed by atoms with Crippen LogP contribution in [-0.4, -0.2) is 59.3 Å². The first-order chi connectivity index (χ1) is 15.6. The van der Waals surface area contributed by atoms with E-state index in [1.165, 1.54) is 15.1 Å². The molecule has 1 saturated heterocycles. The Kier molecular flexibility index (Phi) is 6.11. The molecule has 0 saturated carbocycles. The van der Waals surface area contributed by atoms with Crippen LogP contribution in [0.1, 0.15) is 26.3 Å². The van der Waals surface area contributed by atoms with E-state index in [1.807, 2.05) is 18.2 Å². The number of carbonyl (C=O) groups excluding carboxylic acids is 1. The fraction of sp³-hybridized carbons (Fsp3) is 0.375. The molecule has 1 fully saturated rings. The van der Waals surface area contributed by atoms with Gasteiger partial charge in [-0.15, -0.1) is 0 Å². The number of aromatic nitrogens is 2. The summed E-state index contributed by atoms with van der Waals surface area (Å²) in [5.41, 5.74) is 1.89. The first-order valence-corrected chi connectivity index (χ1v) is 12.3. The SMILES string of the molecule is CC(C)(C)c1ccc(S(=O)(=O)N2CCN(C(=O)Cn3c(=O)cnc4ccccc43)CC2)cc1. The van der Waals surface area contributed by atoms with Crippen molar-refractivity contribution >= 4 is 27.0 Å². The highest BCUT2D eigenvalue weighted by Gasteiger charge is 2.30. The number of para-hydroxylation sites is 2. The molecule has 0 aliphatic carbocycles. The molecule has 9 heteroatoms. The van der Waals surface area contributed by atoms with E-state index in [1.54, 1.807) is 35.2 Å². The Labute approximate surface area is 193 Å². The summed E-state index contributed by atoms with van der Waals surface area (Å²) in [6.45, 7) is 7.09. The van der Waals surface area contributed by atoms with Gasteiger partial charge in [-0.2, -0.15) is 4.31 Å². The van der Waals surface area contributed by atoms with Crippen LogP contribution in [-0.2, 0) is 26.8 Å². The lowest BCUT2D eigenvalue weighted by Gasteiger charge is -2.34. The lowest BCUT2D eigenvalue weighted by Crippen LogP contribution is -2.51. The third-order valence-electron chi connectivity index (χ3n) is 6.00. The first-order valence-electron chi connectivity index (χ1n) is 10.9. The highest BCUT2D eigenvalue weighted by Crippen LogP contribution is 2.25. The quantitative estimate of drug-likeness (QED) is 0.586. The van der Waals surface area contributed by atoms with Gasteiger partial charge in [-0.05, 0) is 35.2 Å². The second-order valence-electron chi connectivity index (χ2n) is 9.23. The monoisotopic (exact) mass is 468 g/mol. The van der Waals surface area contributed by atoms with Gasteiger partial charge >= 0.3 is 0 Å². The summed E-state index contributed by atoms with van der Waals surface area (Å²) in [5.74, 6) is -0.222. The summed E-state index contributed by atoms with van der Waals surface area (Å²) in [6.07, 6.45) is 1.21. The lowest BCUT2D eigenvalue weighted by molar-refractivity contribution is -0.133. The average molecular weight is 469 g/mol. The van der Waals surface area contributed by atoms with Crippen LogP contribution in [0.15, 0.2) is 64.4 Å². The first kappa shape index (κ1) is 23.1. The van der Waals surface area contributed by atoms with Gasteiger partial charge in [0.25, 0.3) is 5.56 Å². The zero-order valence-electron chi connectivity index (χ0n) is 19.1. The molecule has 33 heavy (non-hydrogen) atoms. The maximum absolute atomic E-state index is 13.1. The van der Waals surface area contributed by atoms with Crippen molar-refractivity contribution in [1.29, 1.82) is 0 Å². The Balaban J connectivity index is 1.44. The van der Waals surface area contributed by atoms with Crippen LogP contribution >= 0.6 is 0 Å². The van der Waals surface area contributed by atoms with Gasteiger partial charge in [-0.3, -0.25) is 14.2 Å². The van der Waals surface area contributed by atoms with Crippen molar-refractivity contribution in [3.63, 3.8) is 0 Å². The van der Waals surface area contributed by atoms with E-state index in [0.717, 1.165) is 5.56 Å². The summed E-state index contributed by atoms with van der Waals surface area (Å²) in [4.78, 5) is 31.2. The van der Waals surface area contributed by atoms with Crippen molar-refractivity contribution in [2.75, 3.05) is 26.2 Å². The molecule has 174 valence electrons. The van der Waals surface area contributed by atoms with Crippen molar-refractivity contribution in [2.45, 2.75) is 37.6 Å². The van der Waals surface area contributed by atoms with Crippen LogP contribution in [0.25, 0.3) is 11.0 Å². The van der Waals surface area contributed by atoms with E-state index in [-0.39, 0.29) is 54.5 Å². The number of sulfonamides is 1. The molecule has 0 spiro atoms. The van der Waals surface area contributed by atoms with Crippen molar-refractivity contribution < 1.29 is 13.2 Å². The minimum Gasteiger partial charge on any atom is -0.338 e. The fourth-order valence-electron chi connectivity index (χ4n) is 3.97. The largest absolute Gasteiger partial charge is 0.338 e. The Morgan fingerprint density at radius 1 is 0.970 bits per heavy atom. The number of hydrogen-bond acceptors (Lipinski definition) is 5. The molecule has 0 atom stereocenters. The minimum absolute atomic E-state index is 0.0591. The van der Waals surface area contributed by atoms with Crippen molar-refractivity contribution in [2.24, 2.45) is 0 Å². The maximum Gasteiger partial charge on any atom is 0.269 e. The van der Waals surface area contributed by atoms with Gasteiger partial charge in [-0.1, -0.05) is 45.0 Å². The summed E-state index contributed by atoms with van der Waals surface area (Å²) in [5, 5.41) is 0. The van der Waals surface area contributed by atoms with E-state index < -0.39 is 10.0 Å². The number of nitrogens with zero attached hydrogens (tertiary/aromatic N) is 4. The summed E-state index contributed by atoms with van der Waals surface area (Å²) < 4.78 is 29.0. The van der Waals surface area contributed by atoms with Gasteiger partial charge in [0, 0.05) is 26.2 Å². The van der Waals surface area contributed by atoms with Gasteiger partial charge in [0.1, 0.15) is 6.54 Å². The summed E-state index contributed by atoms with van der Waals surface area (Å²) in [7, 11) is -3.64. The van der Waals surface area contributed by atoms with Gasteiger partial charge in [-0.25, -0.2) is 13.4 Å². The number of piperazine rings is 1. The van der Waals surface area contributed by atoms with E-state index in [0.29, 0.717) is 11.0 Å². The average Bonchev–Trinajstić information content (AvgIpc) is 2.80.